The summed E-state index contributed by atoms with van der Waals surface area (Å²) < 4.78 is 10.1. The summed E-state index contributed by atoms with van der Waals surface area (Å²) in [5.41, 5.74) is 0.865. The van der Waals surface area contributed by atoms with Crippen LogP contribution in [0.5, 0.6) is 0 Å². The van der Waals surface area contributed by atoms with Gasteiger partial charge in [-0.25, -0.2) is 0 Å². The third-order valence-electron chi connectivity index (χ3n) is 2.67. The Bertz CT molecular complexity index is 522. The third kappa shape index (κ3) is 4.47. The van der Waals surface area contributed by atoms with Gasteiger partial charge in [-0.15, -0.1) is 11.3 Å². The molecule has 20 heavy (non-hydrogen) atoms. The average molecular weight is 294 g/mol. The molecule has 0 atom stereocenters. The third-order valence-corrected chi connectivity index (χ3v) is 3.55. The molecule has 2 heterocycles. The lowest BCUT2D eigenvalue weighted by molar-refractivity contribution is -0.143. The molecule has 2 rings (SSSR count). The van der Waals surface area contributed by atoms with Crippen molar-refractivity contribution in [3.8, 4) is 10.6 Å². The first-order chi connectivity index (χ1) is 9.79. The Morgan fingerprint density at radius 1 is 1.55 bits per heavy atom. The molecule has 2 aromatic rings. The second-order valence-electron chi connectivity index (χ2n) is 4.25. The molecule has 0 unspecified atom stereocenters. The maximum Gasteiger partial charge on any atom is 0.305 e. The van der Waals surface area contributed by atoms with Crippen LogP contribution < -0.4 is 5.32 Å². The fraction of sp³-hybridized carbons (Fsp3) is 0.429. The van der Waals surface area contributed by atoms with Gasteiger partial charge in [-0.3, -0.25) is 4.79 Å². The number of ether oxygens (including phenoxy) is 1. The molecular formula is C14H18N2O3S. The van der Waals surface area contributed by atoms with E-state index >= 15 is 0 Å². The highest BCUT2D eigenvalue weighted by Gasteiger charge is 2.07. The van der Waals surface area contributed by atoms with Crippen LogP contribution in [0.15, 0.2) is 28.1 Å². The number of thiophene rings is 1. The predicted molar refractivity (Wildman–Crippen MR) is 77.4 cm³/mol. The van der Waals surface area contributed by atoms with E-state index in [1.807, 2.05) is 30.5 Å². The van der Waals surface area contributed by atoms with Crippen LogP contribution in [0.2, 0.25) is 0 Å². The molecule has 5 nitrogen and oxygen atoms in total. The monoisotopic (exact) mass is 294 g/mol. The molecular weight excluding hydrogens is 276 g/mol. The van der Waals surface area contributed by atoms with Crippen LogP contribution in [-0.2, 0) is 16.1 Å². The van der Waals surface area contributed by atoms with Crippen LogP contribution in [0.4, 0.5) is 0 Å². The fourth-order valence-electron chi connectivity index (χ4n) is 1.74. The topological polar surface area (TPSA) is 64.4 Å². The summed E-state index contributed by atoms with van der Waals surface area (Å²) in [6.45, 7) is 3.64. The van der Waals surface area contributed by atoms with Crippen LogP contribution in [0.3, 0.4) is 0 Å². The van der Waals surface area contributed by atoms with Crippen molar-refractivity contribution < 1.29 is 14.1 Å². The van der Waals surface area contributed by atoms with Gasteiger partial charge in [-0.05, 0) is 31.3 Å². The minimum absolute atomic E-state index is 0.143. The minimum atomic E-state index is -0.143. The van der Waals surface area contributed by atoms with Gasteiger partial charge in [0.05, 0.1) is 17.2 Å². The number of hydrogen-bond acceptors (Lipinski definition) is 6. The number of aromatic nitrogens is 1. The number of carbonyl (C=O) groups is 1. The van der Waals surface area contributed by atoms with E-state index in [-0.39, 0.29) is 5.97 Å². The smallest absolute Gasteiger partial charge is 0.305 e. The van der Waals surface area contributed by atoms with Gasteiger partial charge in [-0.2, -0.15) is 0 Å². The van der Waals surface area contributed by atoms with Crippen molar-refractivity contribution in [1.29, 1.82) is 0 Å². The first-order valence-electron chi connectivity index (χ1n) is 6.65. The summed E-state index contributed by atoms with van der Waals surface area (Å²) in [4.78, 5) is 12.2. The van der Waals surface area contributed by atoms with Crippen molar-refractivity contribution in [3.63, 3.8) is 0 Å². The van der Waals surface area contributed by atoms with Crippen molar-refractivity contribution in [3.05, 3.63) is 29.3 Å². The Kier molecular flexibility index (Phi) is 5.76. The van der Waals surface area contributed by atoms with Crippen LogP contribution in [-0.4, -0.2) is 24.3 Å². The Morgan fingerprint density at radius 2 is 2.45 bits per heavy atom. The van der Waals surface area contributed by atoms with E-state index in [9.17, 15) is 4.79 Å². The number of nitrogens with one attached hydrogen (secondary N) is 1. The quantitative estimate of drug-likeness (QED) is 0.599. The Hall–Kier alpha value is -1.66. The van der Waals surface area contributed by atoms with Crippen molar-refractivity contribution in [2.45, 2.75) is 26.3 Å². The second-order valence-corrected chi connectivity index (χ2v) is 5.19. The lowest BCUT2D eigenvalue weighted by Crippen LogP contribution is -2.16. The average Bonchev–Trinajstić information content (AvgIpc) is 3.09. The van der Waals surface area contributed by atoms with E-state index in [2.05, 4.69) is 10.5 Å². The largest absolute Gasteiger partial charge is 0.466 e. The van der Waals surface area contributed by atoms with Crippen molar-refractivity contribution in [1.82, 2.24) is 10.5 Å². The van der Waals surface area contributed by atoms with Crippen molar-refractivity contribution in [2.24, 2.45) is 0 Å². The standard InChI is InChI=1S/C14H18N2O3S/c1-2-18-14(17)6-3-7-15-10-11-9-12(19-16-11)13-5-4-8-20-13/h4-5,8-9,15H,2-3,6-7,10H2,1H3. The SMILES string of the molecule is CCOC(=O)CCCNCc1cc(-c2cccs2)on1. The van der Waals surface area contributed by atoms with Crippen LogP contribution in [0.25, 0.3) is 10.6 Å². The van der Waals surface area contributed by atoms with Gasteiger partial charge in [0.2, 0.25) is 0 Å². The van der Waals surface area contributed by atoms with Gasteiger partial charge in [0.15, 0.2) is 5.76 Å². The van der Waals surface area contributed by atoms with Gasteiger partial charge in [-0.1, -0.05) is 11.2 Å². The van der Waals surface area contributed by atoms with E-state index in [4.69, 9.17) is 9.26 Å². The number of rotatable bonds is 8. The molecule has 0 aliphatic heterocycles. The van der Waals surface area contributed by atoms with Gasteiger partial charge >= 0.3 is 5.97 Å². The highest BCUT2D eigenvalue weighted by molar-refractivity contribution is 7.13. The van der Waals surface area contributed by atoms with Gasteiger partial charge in [0, 0.05) is 19.0 Å². The first-order valence-corrected chi connectivity index (χ1v) is 7.53. The summed E-state index contributed by atoms with van der Waals surface area (Å²) in [6.07, 6.45) is 1.20. The number of hydrogen-bond donors (Lipinski definition) is 1. The van der Waals surface area contributed by atoms with Gasteiger partial charge in [0.1, 0.15) is 0 Å². The first kappa shape index (κ1) is 14.7. The molecule has 0 radical (unpaired) electrons. The maximum atomic E-state index is 11.1. The lowest BCUT2D eigenvalue weighted by Gasteiger charge is -2.02. The number of nitrogens with zero attached hydrogens (tertiary/aromatic N) is 1. The fourth-order valence-corrected chi connectivity index (χ4v) is 2.41. The van der Waals surface area contributed by atoms with E-state index in [0.717, 1.165) is 29.3 Å². The molecule has 0 aliphatic rings. The highest BCUT2D eigenvalue weighted by atomic mass is 32.1. The normalized spacial score (nSPS) is 10.7. The molecule has 6 heteroatoms. The highest BCUT2D eigenvalue weighted by Crippen LogP contribution is 2.24. The molecule has 0 saturated heterocycles. The lowest BCUT2D eigenvalue weighted by atomic mass is 10.3. The Balaban J connectivity index is 1.66. The van der Waals surface area contributed by atoms with Crippen LogP contribution >= 0.6 is 11.3 Å². The molecule has 108 valence electrons. The Morgan fingerprint density at radius 3 is 3.20 bits per heavy atom. The van der Waals surface area contributed by atoms with E-state index < -0.39 is 0 Å². The van der Waals surface area contributed by atoms with Crippen molar-refractivity contribution in [2.75, 3.05) is 13.2 Å². The number of carbonyl (C=O) groups excluding carboxylic acids is 1. The minimum Gasteiger partial charge on any atom is -0.466 e. The maximum absolute atomic E-state index is 11.1. The summed E-state index contributed by atoms with van der Waals surface area (Å²) in [5, 5.41) is 9.25. The predicted octanol–water partition coefficient (Wildman–Crippen LogP) is 2.84. The zero-order chi connectivity index (χ0) is 14.2. The summed E-state index contributed by atoms with van der Waals surface area (Å²) in [5.74, 6) is 0.652. The zero-order valence-corrected chi connectivity index (χ0v) is 12.2. The van der Waals surface area contributed by atoms with Crippen molar-refractivity contribution >= 4 is 17.3 Å². The molecule has 0 spiro atoms. The van der Waals surface area contributed by atoms with E-state index in [1.54, 1.807) is 11.3 Å². The van der Waals surface area contributed by atoms with E-state index in [1.165, 1.54) is 0 Å². The van der Waals surface area contributed by atoms with Gasteiger partial charge in [0.25, 0.3) is 0 Å². The van der Waals surface area contributed by atoms with Crippen LogP contribution in [0, 0.1) is 0 Å². The zero-order valence-electron chi connectivity index (χ0n) is 11.4. The molecule has 0 bridgehead atoms. The summed E-state index contributed by atoms with van der Waals surface area (Å²) >= 11 is 1.62. The summed E-state index contributed by atoms with van der Waals surface area (Å²) in [6, 6.07) is 5.92. The molecule has 2 aromatic heterocycles. The Labute approximate surface area is 121 Å². The van der Waals surface area contributed by atoms with E-state index in [0.29, 0.717) is 19.6 Å². The van der Waals surface area contributed by atoms with Gasteiger partial charge < -0.3 is 14.6 Å². The summed E-state index contributed by atoms with van der Waals surface area (Å²) in [7, 11) is 0. The second kappa shape index (κ2) is 7.81. The molecule has 0 aliphatic carbocycles. The molecule has 0 fully saturated rings. The van der Waals surface area contributed by atoms with Crippen LogP contribution in [0.1, 0.15) is 25.5 Å². The molecule has 1 N–H and O–H groups in total. The molecule has 0 aromatic carbocycles. The molecule has 0 saturated carbocycles. The number of esters is 1. The molecule has 0 amide bonds.